The van der Waals surface area contributed by atoms with Crippen LogP contribution in [0.3, 0.4) is 0 Å². The number of halogens is 3. The van der Waals surface area contributed by atoms with Gasteiger partial charge < -0.3 is 19.7 Å². The van der Waals surface area contributed by atoms with Crippen molar-refractivity contribution in [2.45, 2.75) is 51.4 Å². The fourth-order valence-electron chi connectivity index (χ4n) is 4.60. The number of hydrogen-bond donors (Lipinski definition) is 2. The topological polar surface area (TPSA) is 121 Å². The summed E-state index contributed by atoms with van der Waals surface area (Å²) < 4.78 is 45.5. The lowest BCUT2D eigenvalue weighted by Crippen LogP contribution is -2.39. The number of hydrogen-bond acceptors (Lipinski definition) is 6. The maximum atomic E-state index is 13.5. The number of nitriles is 1. The van der Waals surface area contributed by atoms with Crippen molar-refractivity contribution in [1.82, 2.24) is 9.88 Å². The van der Waals surface area contributed by atoms with Crippen molar-refractivity contribution in [1.29, 1.82) is 5.26 Å². The van der Waals surface area contributed by atoms with Crippen molar-refractivity contribution in [2.75, 3.05) is 6.54 Å². The Labute approximate surface area is 215 Å². The Kier molecular flexibility index (Phi) is 6.69. The van der Waals surface area contributed by atoms with E-state index in [1.807, 2.05) is 6.07 Å². The maximum absolute atomic E-state index is 13.5. The Morgan fingerprint density at radius 2 is 1.84 bits per heavy atom. The highest BCUT2D eigenvalue weighted by molar-refractivity contribution is 6.04. The highest BCUT2D eigenvalue weighted by Crippen LogP contribution is 2.38. The molecular formula is C27H24F3N3O5. The van der Waals surface area contributed by atoms with Crippen molar-refractivity contribution < 1.29 is 32.6 Å². The first-order chi connectivity index (χ1) is 17.7. The van der Waals surface area contributed by atoms with Crippen LogP contribution in [0.25, 0.3) is 10.9 Å². The van der Waals surface area contributed by atoms with Crippen LogP contribution < -0.4 is 10.9 Å². The van der Waals surface area contributed by atoms with Crippen molar-refractivity contribution >= 4 is 22.8 Å². The smallest absolute Gasteiger partial charge is 0.416 e. The number of carbonyl (C=O) groups is 2. The number of rotatable bonds is 4. The van der Waals surface area contributed by atoms with E-state index in [1.165, 1.54) is 22.8 Å². The average Bonchev–Trinajstić information content (AvgIpc) is 2.83. The van der Waals surface area contributed by atoms with Gasteiger partial charge in [0, 0.05) is 17.8 Å². The molecule has 0 spiro atoms. The molecule has 3 aromatic rings. The quantitative estimate of drug-likeness (QED) is 0.495. The Morgan fingerprint density at radius 1 is 1.18 bits per heavy atom. The molecule has 0 saturated heterocycles. The Balaban J connectivity index is 1.76. The van der Waals surface area contributed by atoms with E-state index >= 15 is 0 Å². The van der Waals surface area contributed by atoms with Gasteiger partial charge in [-0.05, 0) is 62.6 Å². The summed E-state index contributed by atoms with van der Waals surface area (Å²) in [7, 11) is 0. The maximum Gasteiger partial charge on any atom is 0.416 e. The fraction of sp³-hybridized carbons (Fsp3) is 0.333. The van der Waals surface area contributed by atoms with Gasteiger partial charge >= 0.3 is 12.1 Å². The van der Waals surface area contributed by atoms with Gasteiger partial charge in [-0.2, -0.15) is 18.4 Å². The Bertz CT molecular complexity index is 1540. The average molecular weight is 527 g/mol. The van der Waals surface area contributed by atoms with Crippen LogP contribution in [-0.2, 0) is 28.7 Å². The van der Waals surface area contributed by atoms with E-state index < -0.39 is 58.6 Å². The van der Waals surface area contributed by atoms with Crippen LogP contribution in [0.4, 0.5) is 13.2 Å². The van der Waals surface area contributed by atoms with Crippen LogP contribution in [0.15, 0.2) is 41.2 Å². The van der Waals surface area contributed by atoms with Crippen molar-refractivity contribution in [2.24, 2.45) is 0 Å². The van der Waals surface area contributed by atoms with Crippen LogP contribution in [0.2, 0.25) is 0 Å². The second-order valence-electron chi connectivity index (χ2n) is 10.1. The van der Waals surface area contributed by atoms with Gasteiger partial charge in [0.2, 0.25) is 0 Å². The highest BCUT2D eigenvalue weighted by Gasteiger charge is 2.32. The molecule has 0 bridgehead atoms. The van der Waals surface area contributed by atoms with Gasteiger partial charge in [0.05, 0.1) is 22.7 Å². The summed E-state index contributed by atoms with van der Waals surface area (Å²) in [5.74, 6) is -2.83. The van der Waals surface area contributed by atoms with E-state index in [0.29, 0.717) is 23.1 Å². The molecule has 0 saturated carbocycles. The molecule has 0 fully saturated rings. The Morgan fingerprint density at radius 3 is 2.42 bits per heavy atom. The molecule has 8 nitrogen and oxygen atoms in total. The van der Waals surface area contributed by atoms with E-state index in [-0.39, 0.29) is 17.5 Å². The lowest BCUT2D eigenvalue weighted by atomic mass is 9.86. The minimum Gasteiger partial charge on any atom is -0.506 e. The van der Waals surface area contributed by atoms with E-state index in [4.69, 9.17) is 4.74 Å². The second kappa shape index (κ2) is 9.52. The first-order valence-corrected chi connectivity index (χ1v) is 11.7. The summed E-state index contributed by atoms with van der Waals surface area (Å²) in [6.07, 6.45) is -4.21. The molecule has 2 aromatic carbocycles. The van der Waals surface area contributed by atoms with Crippen LogP contribution in [0.1, 0.15) is 59.3 Å². The number of nitrogens with one attached hydrogen (secondary N) is 1. The third-order valence-electron chi connectivity index (χ3n) is 6.16. The predicted octanol–water partition coefficient (Wildman–Crippen LogP) is 4.01. The molecule has 0 radical (unpaired) electrons. The summed E-state index contributed by atoms with van der Waals surface area (Å²) in [5, 5.41) is 22.8. The van der Waals surface area contributed by atoms with Gasteiger partial charge in [-0.25, -0.2) is 0 Å². The zero-order chi connectivity index (χ0) is 28.0. The molecule has 4 rings (SSSR count). The van der Waals surface area contributed by atoms with Gasteiger partial charge in [0.25, 0.3) is 11.5 Å². The number of esters is 1. The first kappa shape index (κ1) is 26.7. The molecule has 1 aromatic heterocycles. The normalized spacial score (nSPS) is 15.1. The van der Waals surface area contributed by atoms with Crippen molar-refractivity contribution in [3.05, 3.63) is 74.6 Å². The van der Waals surface area contributed by atoms with Gasteiger partial charge in [-0.1, -0.05) is 12.1 Å². The third-order valence-corrected chi connectivity index (χ3v) is 6.16. The van der Waals surface area contributed by atoms with Crippen molar-refractivity contribution in [3.8, 4) is 11.8 Å². The lowest BCUT2D eigenvalue weighted by Gasteiger charge is -2.28. The molecule has 1 aliphatic rings. The van der Waals surface area contributed by atoms with Crippen molar-refractivity contribution in [3.63, 3.8) is 0 Å². The van der Waals surface area contributed by atoms with Crippen LogP contribution in [0, 0.1) is 11.3 Å². The van der Waals surface area contributed by atoms with Gasteiger partial charge in [-0.15, -0.1) is 0 Å². The molecule has 1 amide bonds. The lowest BCUT2D eigenvalue weighted by molar-refractivity contribution is -0.153. The molecule has 38 heavy (non-hydrogen) atoms. The minimum atomic E-state index is -4.50. The molecule has 11 heteroatoms. The SMILES string of the molecule is CC(C)(C)OC(=O)CNC(=O)c1c(O)c2cc(C#N)cc3c2n(c1=O)CC(c1ccc(C(F)(F)F)cc1)C3. The molecule has 1 unspecified atom stereocenters. The van der Waals surface area contributed by atoms with Gasteiger partial charge in [0.1, 0.15) is 23.5 Å². The van der Waals surface area contributed by atoms with Gasteiger partial charge in [-0.3, -0.25) is 14.4 Å². The second-order valence-corrected chi connectivity index (χ2v) is 10.1. The summed E-state index contributed by atoms with van der Waals surface area (Å²) in [5.41, 5.74) is -1.49. The van der Waals surface area contributed by atoms with Crippen LogP contribution in [0.5, 0.6) is 5.75 Å². The number of aromatic hydroxyl groups is 1. The summed E-state index contributed by atoms with van der Waals surface area (Å²) in [6.45, 7) is 4.42. The minimum absolute atomic E-state index is 0.0201. The number of nitrogens with zero attached hydrogens (tertiary/aromatic N) is 2. The summed E-state index contributed by atoms with van der Waals surface area (Å²) >= 11 is 0. The zero-order valence-corrected chi connectivity index (χ0v) is 20.8. The number of ether oxygens (including phenoxy) is 1. The van der Waals surface area contributed by atoms with Gasteiger partial charge in [0.15, 0.2) is 0 Å². The summed E-state index contributed by atoms with van der Waals surface area (Å²) in [6, 6.07) is 9.48. The zero-order valence-electron chi connectivity index (χ0n) is 20.8. The highest BCUT2D eigenvalue weighted by atomic mass is 19.4. The fourth-order valence-corrected chi connectivity index (χ4v) is 4.60. The summed E-state index contributed by atoms with van der Waals surface area (Å²) in [4.78, 5) is 38.4. The molecule has 2 N–H and O–H groups in total. The number of carbonyl (C=O) groups excluding carboxylic acids is 2. The molecule has 198 valence electrons. The third kappa shape index (κ3) is 5.20. The molecule has 0 aliphatic carbocycles. The van der Waals surface area contributed by atoms with E-state index in [0.717, 1.165) is 12.1 Å². The van der Waals surface area contributed by atoms with E-state index in [1.54, 1.807) is 26.8 Å². The van der Waals surface area contributed by atoms with Crippen LogP contribution in [-0.4, -0.2) is 33.7 Å². The predicted molar refractivity (Wildman–Crippen MR) is 131 cm³/mol. The van der Waals surface area contributed by atoms with Crippen LogP contribution >= 0.6 is 0 Å². The number of pyridine rings is 1. The first-order valence-electron chi connectivity index (χ1n) is 11.7. The number of aromatic nitrogens is 1. The number of alkyl halides is 3. The largest absolute Gasteiger partial charge is 0.506 e. The molecule has 2 heterocycles. The molecule has 1 atom stereocenters. The van der Waals surface area contributed by atoms with E-state index in [2.05, 4.69) is 5.32 Å². The Hall–Kier alpha value is -4.33. The number of benzene rings is 2. The standard InChI is InChI=1S/C27H24F3N3O5/c1-26(2,3)38-20(34)12-32-24(36)21-23(35)19-9-14(11-31)8-16-10-17(13-33(22(16)19)25(21)37)15-4-6-18(7-5-15)27(28,29)30/h4-9,17,35H,10,12-13H2,1-3H3,(H,32,36). The number of amides is 1. The molecule has 1 aliphatic heterocycles. The molecular weight excluding hydrogens is 503 g/mol. The monoisotopic (exact) mass is 527 g/mol. The van der Waals surface area contributed by atoms with E-state index in [9.17, 15) is 37.9 Å².